The normalized spacial score (nSPS) is 18.0. The van der Waals surface area contributed by atoms with Crippen molar-refractivity contribution >= 4 is 17.4 Å². The first-order valence-electron chi connectivity index (χ1n) is 9.94. The molecule has 0 unspecified atom stereocenters. The molecule has 0 aliphatic carbocycles. The van der Waals surface area contributed by atoms with Crippen molar-refractivity contribution in [3.05, 3.63) is 59.4 Å². The van der Waals surface area contributed by atoms with E-state index in [0.717, 1.165) is 6.54 Å². The summed E-state index contributed by atoms with van der Waals surface area (Å²) in [5.74, 6) is -0.778. The number of methoxy groups -OCH3 is 2. The number of nitrogens with zero attached hydrogens (tertiary/aromatic N) is 3. The van der Waals surface area contributed by atoms with Crippen LogP contribution in [0.2, 0.25) is 0 Å². The van der Waals surface area contributed by atoms with Crippen LogP contribution in [0.25, 0.3) is 5.76 Å². The minimum absolute atomic E-state index is 0.0197. The van der Waals surface area contributed by atoms with Crippen LogP contribution in [0.1, 0.15) is 23.6 Å². The highest BCUT2D eigenvalue weighted by molar-refractivity contribution is 6.46. The molecule has 8 heteroatoms. The Morgan fingerprint density at radius 2 is 1.97 bits per heavy atom. The van der Waals surface area contributed by atoms with Crippen LogP contribution in [-0.2, 0) is 9.59 Å². The summed E-state index contributed by atoms with van der Waals surface area (Å²) in [6, 6.07) is 7.67. The number of carbonyl (C=O) groups excluding carboxylic acids is 2. The molecule has 1 aromatic heterocycles. The van der Waals surface area contributed by atoms with Gasteiger partial charge in [-0.2, -0.15) is 0 Å². The van der Waals surface area contributed by atoms with Crippen LogP contribution in [0.5, 0.6) is 11.5 Å². The van der Waals surface area contributed by atoms with E-state index in [1.54, 1.807) is 42.7 Å². The van der Waals surface area contributed by atoms with Crippen molar-refractivity contribution in [2.75, 3.05) is 41.4 Å². The number of aliphatic hydroxyl groups excluding tert-OH is 1. The zero-order valence-corrected chi connectivity index (χ0v) is 18.2. The maximum atomic E-state index is 13.0. The molecule has 31 heavy (non-hydrogen) atoms. The Morgan fingerprint density at radius 1 is 1.19 bits per heavy atom. The first kappa shape index (κ1) is 22.3. The topological polar surface area (TPSA) is 92.2 Å². The van der Waals surface area contributed by atoms with Gasteiger partial charge in [-0.1, -0.05) is 6.07 Å². The number of carbonyl (C=O) groups is 2. The van der Waals surface area contributed by atoms with Gasteiger partial charge >= 0.3 is 0 Å². The summed E-state index contributed by atoms with van der Waals surface area (Å²) >= 11 is 0. The molecule has 2 heterocycles. The Hall–Kier alpha value is -3.39. The Labute approximate surface area is 181 Å². The molecule has 1 aromatic carbocycles. The number of aliphatic hydroxyl groups is 1. The monoisotopic (exact) mass is 425 g/mol. The molecular weight excluding hydrogens is 398 g/mol. The van der Waals surface area contributed by atoms with Crippen LogP contribution in [0.3, 0.4) is 0 Å². The number of benzene rings is 1. The summed E-state index contributed by atoms with van der Waals surface area (Å²) in [6.07, 6.45) is 3.91. The lowest BCUT2D eigenvalue weighted by Crippen LogP contribution is -2.32. The molecule has 1 atom stereocenters. The zero-order chi connectivity index (χ0) is 22.5. The number of ether oxygens (including phenoxy) is 2. The van der Waals surface area contributed by atoms with Gasteiger partial charge in [0.2, 0.25) is 0 Å². The van der Waals surface area contributed by atoms with Crippen LogP contribution < -0.4 is 9.47 Å². The molecule has 0 saturated carbocycles. The molecular formula is C23H27N3O5. The Kier molecular flexibility index (Phi) is 6.91. The average Bonchev–Trinajstić information content (AvgIpc) is 3.03. The molecule has 1 N–H and O–H groups in total. The molecule has 0 radical (unpaired) electrons. The van der Waals surface area contributed by atoms with Crippen molar-refractivity contribution in [1.29, 1.82) is 0 Å². The molecule has 0 bridgehead atoms. The van der Waals surface area contributed by atoms with Gasteiger partial charge in [-0.15, -0.1) is 0 Å². The fourth-order valence-electron chi connectivity index (χ4n) is 3.69. The van der Waals surface area contributed by atoms with E-state index >= 15 is 0 Å². The lowest BCUT2D eigenvalue weighted by atomic mass is 9.96. The number of ketones is 1. The number of aromatic nitrogens is 1. The third-order valence-corrected chi connectivity index (χ3v) is 5.21. The van der Waals surface area contributed by atoms with Crippen molar-refractivity contribution in [1.82, 2.24) is 14.8 Å². The minimum atomic E-state index is -0.734. The smallest absolute Gasteiger partial charge is 0.295 e. The van der Waals surface area contributed by atoms with Gasteiger partial charge in [-0.05, 0) is 50.8 Å². The standard InChI is InChI=1S/C23H27N3O5/c1-25(2)11-6-12-26-20(15-7-5-10-24-14-15)19(22(28)23(26)29)21(27)17-9-8-16(30-3)13-18(17)31-4/h5,7-10,13-14,20,27H,6,11-12H2,1-4H3/b21-19+/t20-/m1/s1. The quantitative estimate of drug-likeness (QED) is 0.395. The fraction of sp³-hybridized carbons (Fsp3) is 0.348. The number of amides is 1. The molecule has 0 spiro atoms. The maximum absolute atomic E-state index is 13.0. The Morgan fingerprint density at radius 3 is 2.58 bits per heavy atom. The Balaban J connectivity index is 2.12. The molecule has 1 amide bonds. The zero-order valence-electron chi connectivity index (χ0n) is 18.2. The summed E-state index contributed by atoms with van der Waals surface area (Å²) < 4.78 is 10.6. The van der Waals surface area contributed by atoms with E-state index < -0.39 is 17.7 Å². The van der Waals surface area contributed by atoms with Gasteiger partial charge in [0.1, 0.15) is 17.3 Å². The number of hydrogen-bond donors (Lipinski definition) is 1. The number of hydrogen-bond acceptors (Lipinski definition) is 7. The van der Waals surface area contributed by atoms with Gasteiger partial charge in [-0.25, -0.2) is 0 Å². The summed E-state index contributed by atoms with van der Waals surface area (Å²) in [7, 11) is 6.88. The molecule has 2 aromatic rings. The SMILES string of the molecule is COc1ccc(/C(O)=C2\C(=O)C(=O)N(CCCN(C)C)[C@@H]2c2cccnc2)c(OC)c1. The molecule has 164 valence electrons. The second-order valence-corrected chi connectivity index (χ2v) is 7.50. The van der Waals surface area contributed by atoms with Crippen LogP contribution in [0, 0.1) is 0 Å². The second-order valence-electron chi connectivity index (χ2n) is 7.50. The summed E-state index contributed by atoms with van der Waals surface area (Å²) in [5.41, 5.74) is 0.982. The Bertz CT molecular complexity index is 988. The predicted molar refractivity (Wildman–Crippen MR) is 116 cm³/mol. The van der Waals surface area contributed by atoms with Crippen LogP contribution >= 0.6 is 0 Å². The van der Waals surface area contributed by atoms with E-state index in [2.05, 4.69) is 4.98 Å². The van der Waals surface area contributed by atoms with Crippen molar-refractivity contribution < 1.29 is 24.2 Å². The second kappa shape index (κ2) is 9.61. The molecule has 1 saturated heterocycles. The van der Waals surface area contributed by atoms with Crippen LogP contribution in [0.4, 0.5) is 0 Å². The van der Waals surface area contributed by atoms with E-state index in [9.17, 15) is 14.7 Å². The maximum Gasteiger partial charge on any atom is 0.295 e. The van der Waals surface area contributed by atoms with Crippen molar-refractivity contribution in [3.8, 4) is 11.5 Å². The predicted octanol–water partition coefficient (Wildman–Crippen LogP) is 2.47. The highest BCUT2D eigenvalue weighted by atomic mass is 16.5. The molecule has 1 aliphatic heterocycles. The third kappa shape index (κ3) is 4.54. The summed E-state index contributed by atoms with van der Waals surface area (Å²) in [6.45, 7) is 1.13. The lowest BCUT2D eigenvalue weighted by molar-refractivity contribution is -0.139. The van der Waals surface area contributed by atoms with Gasteiger partial charge in [-0.3, -0.25) is 14.6 Å². The lowest BCUT2D eigenvalue weighted by Gasteiger charge is -2.25. The fourth-order valence-corrected chi connectivity index (χ4v) is 3.69. The van der Waals surface area contributed by atoms with E-state index in [0.29, 0.717) is 35.6 Å². The van der Waals surface area contributed by atoms with E-state index in [-0.39, 0.29) is 11.3 Å². The van der Waals surface area contributed by atoms with Crippen molar-refractivity contribution in [3.63, 3.8) is 0 Å². The summed E-state index contributed by atoms with van der Waals surface area (Å²) in [4.78, 5) is 33.6. The summed E-state index contributed by atoms with van der Waals surface area (Å²) in [5, 5.41) is 11.2. The highest BCUT2D eigenvalue weighted by Crippen LogP contribution is 2.41. The minimum Gasteiger partial charge on any atom is -0.507 e. The van der Waals surface area contributed by atoms with Gasteiger partial charge < -0.3 is 24.4 Å². The first-order valence-corrected chi connectivity index (χ1v) is 9.94. The molecule has 1 fully saturated rings. The van der Waals surface area contributed by atoms with Gasteiger partial charge in [0.25, 0.3) is 11.7 Å². The number of rotatable bonds is 8. The van der Waals surface area contributed by atoms with Gasteiger partial charge in [0.15, 0.2) is 0 Å². The van der Waals surface area contributed by atoms with E-state index in [1.165, 1.54) is 19.1 Å². The molecule has 8 nitrogen and oxygen atoms in total. The highest BCUT2D eigenvalue weighted by Gasteiger charge is 2.46. The number of pyridine rings is 1. The third-order valence-electron chi connectivity index (χ3n) is 5.21. The van der Waals surface area contributed by atoms with E-state index in [4.69, 9.17) is 9.47 Å². The van der Waals surface area contributed by atoms with Crippen LogP contribution in [0.15, 0.2) is 48.3 Å². The largest absolute Gasteiger partial charge is 0.507 e. The van der Waals surface area contributed by atoms with Gasteiger partial charge in [0, 0.05) is 25.0 Å². The average molecular weight is 425 g/mol. The first-order chi connectivity index (χ1) is 14.9. The van der Waals surface area contributed by atoms with Gasteiger partial charge in [0.05, 0.1) is 31.4 Å². The number of likely N-dealkylation sites (tertiary alicyclic amines) is 1. The molecule has 3 rings (SSSR count). The van der Waals surface area contributed by atoms with Crippen LogP contribution in [-0.4, -0.2) is 73.0 Å². The molecule has 1 aliphatic rings. The van der Waals surface area contributed by atoms with E-state index in [1.807, 2.05) is 19.0 Å². The van der Waals surface area contributed by atoms with Crippen molar-refractivity contribution in [2.45, 2.75) is 12.5 Å². The van der Waals surface area contributed by atoms with Crippen molar-refractivity contribution in [2.24, 2.45) is 0 Å². The number of Topliss-reactive ketones (excluding diaryl/α,β-unsaturated/α-hetero) is 1.